The number of H-pyrrole nitrogens is 1. The van der Waals surface area contributed by atoms with Crippen LogP contribution in [-0.2, 0) is 19.5 Å². The molecule has 1 atom stereocenters. The van der Waals surface area contributed by atoms with Gasteiger partial charge in [-0.25, -0.2) is 4.98 Å². The number of aryl methyl sites for hydroxylation is 2. The van der Waals surface area contributed by atoms with Crippen molar-refractivity contribution in [2.75, 3.05) is 0 Å². The van der Waals surface area contributed by atoms with Gasteiger partial charge in [-0.2, -0.15) is 0 Å². The molecule has 4 nitrogen and oxygen atoms in total. The highest BCUT2D eigenvalue weighted by molar-refractivity contribution is 5.13. The van der Waals surface area contributed by atoms with Gasteiger partial charge < -0.3 is 9.40 Å². The number of nitrogens with zero attached hydrogens (tertiary/aromatic N) is 2. The maximum Gasteiger partial charge on any atom is 0.117 e. The molecule has 2 rings (SSSR count). The standard InChI is InChI=1S/C17H27N3O/c1-6-17-18-13(4)16(19-17)11-20(14(5)12(2)3)10-15-8-7-9-21-15/h7-9,12,14H,6,10-11H2,1-5H3,(H,18,19)/t14-/m1/s1. The Morgan fingerprint density at radius 2 is 2.05 bits per heavy atom. The molecule has 0 aliphatic carbocycles. The predicted octanol–water partition coefficient (Wildman–Crippen LogP) is 3.92. The first-order valence-corrected chi connectivity index (χ1v) is 7.82. The third kappa shape index (κ3) is 3.97. The summed E-state index contributed by atoms with van der Waals surface area (Å²) in [5, 5.41) is 0. The molecule has 0 bridgehead atoms. The number of aromatic nitrogens is 2. The highest BCUT2D eigenvalue weighted by atomic mass is 16.3. The molecule has 0 aromatic carbocycles. The van der Waals surface area contributed by atoms with Crippen molar-refractivity contribution < 1.29 is 4.42 Å². The minimum absolute atomic E-state index is 0.469. The summed E-state index contributed by atoms with van der Waals surface area (Å²) in [7, 11) is 0. The molecule has 1 N–H and O–H groups in total. The minimum Gasteiger partial charge on any atom is -0.468 e. The lowest BCUT2D eigenvalue weighted by atomic mass is 10.0. The molecule has 2 aromatic rings. The zero-order valence-corrected chi connectivity index (χ0v) is 13.8. The predicted molar refractivity (Wildman–Crippen MR) is 85.0 cm³/mol. The average molecular weight is 289 g/mol. The van der Waals surface area contributed by atoms with Gasteiger partial charge in [0.1, 0.15) is 11.6 Å². The van der Waals surface area contributed by atoms with Gasteiger partial charge >= 0.3 is 0 Å². The third-order valence-electron chi connectivity index (χ3n) is 4.20. The SMILES string of the molecule is CCc1nc(CN(Cc2ccco2)[C@H](C)C(C)C)c(C)[nH]1. The van der Waals surface area contributed by atoms with E-state index in [0.717, 1.165) is 36.8 Å². The Balaban J connectivity index is 2.16. The number of aromatic amines is 1. The van der Waals surface area contributed by atoms with Gasteiger partial charge in [-0.05, 0) is 31.9 Å². The van der Waals surface area contributed by atoms with Gasteiger partial charge in [0.2, 0.25) is 0 Å². The second-order valence-corrected chi connectivity index (χ2v) is 6.08. The Labute approximate surface area is 127 Å². The van der Waals surface area contributed by atoms with E-state index in [9.17, 15) is 0 Å². The van der Waals surface area contributed by atoms with Crippen LogP contribution < -0.4 is 0 Å². The molecular weight excluding hydrogens is 262 g/mol. The third-order valence-corrected chi connectivity index (χ3v) is 4.20. The lowest BCUT2D eigenvalue weighted by Gasteiger charge is -2.30. The molecule has 0 amide bonds. The fourth-order valence-corrected chi connectivity index (χ4v) is 2.45. The van der Waals surface area contributed by atoms with Crippen molar-refractivity contribution in [2.45, 2.75) is 60.2 Å². The highest BCUT2D eigenvalue weighted by Crippen LogP contribution is 2.19. The largest absolute Gasteiger partial charge is 0.468 e. The number of nitrogens with one attached hydrogen (secondary N) is 1. The van der Waals surface area contributed by atoms with Gasteiger partial charge in [0.05, 0.1) is 18.5 Å². The molecule has 0 fully saturated rings. The number of hydrogen-bond acceptors (Lipinski definition) is 3. The van der Waals surface area contributed by atoms with Crippen LogP contribution in [-0.4, -0.2) is 20.9 Å². The van der Waals surface area contributed by atoms with Crippen LogP contribution in [0, 0.1) is 12.8 Å². The lowest BCUT2D eigenvalue weighted by Crippen LogP contribution is -2.36. The van der Waals surface area contributed by atoms with Crippen LogP contribution in [0.5, 0.6) is 0 Å². The molecule has 2 aromatic heterocycles. The van der Waals surface area contributed by atoms with Crippen LogP contribution in [0.25, 0.3) is 0 Å². The van der Waals surface area contributed by atoms with Gasteiger partial charge in [-0.3, -0.25) is 4.90 Å². The molecule has 2 heterocycles. The van der Waals surface area contributed by atoms with Gasteiger partial charge in [-0.15, -0.1) is 0 Å². The van der Waals surface area contributed by atoms with Crippen LogP contribution in [0.2, 0.25) is 0 Å². The zero-order valence-electron chi connectivity index (χ0n) is 13.8. The highest BCUT2D eigenvalue weighted by Gasteiger charge is 2.21. The summed E-state index contributed by atoms with van der Waals surface area (Å²) in [6.07, 6.45) is 2.68. The summed E-state index contributed by atoms with van der Waals surface area (Å²) >= 11 is 0. The maximum atomic E-state index is 5.52. The van der Waals surface area contributed by atoms with Crippen molar-refractivity contribution in [3.63, 3.8) is 0 Å². The van der Waals surface area contributed by atoms with Gasteiger partial charge in [0.15, 0.2) is 0 Å². The van der Waals surface area contributed by atoms with Gasteiger partial charge in [-0.1, -0.05) is 20.8 Å². The topological polar surface area (TPSA) is 45.1 Å². The summed E-state index contributed by atoms with van der Waals surface area (Å²) in [6, 6.07) is 4.45. The summed E-state index contributed by atoms with van der Waals surface area (Å²) in [5.41, 5.74) is 2.32. The molecule has 116 valence electrons. The van der Waals surface area contributed by atoms with E-state index in [1.165, 1.54) is 5.69 Å². The molecule has 0 saturated carbocycles. The van der Waals surface area contributed by atoms with Gasteiger partial charge in [0.25, 0.3) is 0 Å². The van der Waals surface area contributed by atoms with Crippen molar-refractivity contribution in [3.8, 4) is 0 Å². The molecule has 0 aliphatic rings. The smallest absolute Gasteiger partial charge is 0.117 e. The normalized spacial score (nSPS) is 13.3. The number of imidazole rings is 1. The first-order chi connectivity index (χ1) is 10.0. The molecule has 0 saturated heterocycles. The van der Waals surface area contributed by atoms with E-state index in [1.807, 2.05) is 12.1 Å². The van der Waals surface area contributed by atoms with Gasteiger partial charge in [0, 0.05) is 24.7 Å². The fraction of sp³-hybridized carbons (Fsp3) is 0.588. The molecule has 0 aliphatic heterocycles. The monoisotopic (exact) mass is 289 g/mol. The molecule has 0 unspecified atom stereocenters. The second kappa shape index (κ2) is 6.94. The first kappa shape index (κ1) is 15.8. The number of hydrogen-bond donors (Lipinski definition) is 1. The van der Waals surface area contributed by atoms with E-state index in [2.05, 4.69) is 44.5 Å². The summed E-state index contributed by atoms with van der Waals surface area (Å²) < 4.78 is 5.52. The van der Waals surface area contributed by atoms with E-state index < -0.39 is 0 Å². The minimum atomic E-state index is 0.469. The van der Waals surface area contributed by atoms with Crippen molar-refractivity contribution in [1.29, 1.82) is 0 Å². The van der Waals surface area contributed by atoms with Crippen molar-refractivity contribution in [3.05, 3.63) is 41.4 Å². The molecule has 4 heteroatoms. The molecule has 0 radical (unpaired) electrons. The zero-order chi connectivity index (χ0) is 15.4. The van der Waals surface area contributed by atoms with E-state index >= 15 is 0 Å². The summed E-state index contributed by atoms with van der Waals surface area (Å²) in [6.45, 7) is 12.7. The van der Waals surface area contributed by atoms with E-state index in [-0.39, 0.29) is 0 Å². The molecule has 0 spiro atoms. The quantitative estimate of drug-likeness (QED) is 0.840. The molecular formula is C17H27N3O. The van der Waals surface area contributed by atoms with E-state index in [1.54, 1.807) is 6.26 Å². The molecule has 21 heavy (non-hydrogen) atoms. The number of rotatable bonds is 7. The van der Waals surface area contributed by atoms with E-state index in [0.29, 0.717) is 12.0 Å². The fourth-order valence-electron chi connectivity index (χ4n) is 2.45. The Bertz CT molecular complexity index is 542. The van der Waals surface area contributed by atoms with Crippen LogP contribution in [0.4, 0.5) is 0 Å². The van der Waals surface area contributed by atoms with Crippen LogP contribution in [0.15, 0.2) is 22.8 Å². The first-order valence-electron chi connectivity index (χ1n) is 7.82. The van der Waals surface area contributed by atoms with Crippen molar-refractivity contribution >= 4 is 0 Å². The summed E-state index contributed by atoms with van der Waals surface area (Å²) in [4.78, 5) is 10.5. The van der Waals surface area contributed by atoms with Crippen LogP contribution in [0.1, 0.15) is 50.7 Å². The maximum absolute atomic E-state index is 5.52. The van der Waals surface area contributed by atoms with Crippen molar-refractivity contribution in [1.82, 2.24) is 14.9 Å². The lowest BCUT2D eigenvalue weighted by molar-refractivity contribution is 0.138. The van der Waals surface area contributed by atoms with Crippen LogP contribution in [0.3, 0.4) is 0 Å². The number of furan rings is 1. The Kier molecular flexibility index (Phi) is 5.23. The van der Waals surface area contributed by atoms with Crippen molar-refractivity contribution in [2.24, 2.45) is 5.92 Å². The Morgan fingerprint density at radius 1 is 1.29 bits per heavy atom. The summed E-state index contributed by atoms with van der Waals surface area (Å²) in [5.74, 6) is 2.66. The Hall–Kier alpha value is -1.55. The average Bonchev–Trinajstić information content (AvgIpc) is 3.07. The van der Waals surface area contributed by atoms with Crippen LogP contribution >= 0.6 is 0 Å². The Morgan fingerprint density at radius 3 is 2.57 bits per heavy atom. The van der Waals surface area contributed by atoms with E-state index in [4.69, 9.17) is 9.40 Å². The second-order valence-electron chi connectivity index (χ2n) is 6.08.